The van der Waals surface area contributed by atoms with E-state index in [4.69, 9.17) is 0 Å². The topological polar surface area (TPSA) is 42.8 Å². The molecule has 0 unspecified atom stereocenters. The van der Waals surface area contributed by atoms with Crippen molar-refractivity contribution in [3.05, 3.63) is 46.5 Å². The first-order valence-electron chi connectivity index (χ1n) is 9.30. The number of hydrogen-bond donors (Lipinski definition) is 1. The summed E-state index contributed by atoms with van der Waals surface area (Å²) in [5.74, 6) is 0. The van der Waals surface area contributed by atoms with Gasteiger partial charge in [-0.3, -0.25) is 9.80 Å². The predicted octanol–water partition coefficient (Wildman–Crippen LogP) is 2.59. The Labute approximate surface area is 160 Å². The number of aromatic nitrogens is 1. The minimum absolute atomic E-state index is 0.244. The van der Waals surface area contributed by atoms with Gasteiger partial charge >= 0.3 is 0 Å². The molecule has 1 aromatic carbocycles. The standard InChI is InChI=1S/C20H30N4OS/c1-16-6-4-5-7-17(16)13-24-10-9-23(14-18(24)8-11-25)15-19-12-21-20(26-19)22(2)3/h4-7,12,18,25H,8-11,13-15H2,1-3H3/t18-/m0/s1. The van der Waals surface area contributed by atoms with Crippen molar-refractivity contribution in [1.29, 1.82) is 0 Å². The lowest BCUT2D eigenvalue weighted by atomic mass is 10.0. The van der Waals surface area contributed by atoms with Crippen LogP contribution in [0.3, 0.4) is 0 Å². The Kier molecular flexibility index (Phi) is 6.64. The SMILES string of the molecule is Cc1ccccc1CN1CCN(Cc2cnc(N(C)C)s2)C[C@@H]1CCO. The molecule has 0 amide bonds. The molecule has 1 fully saturated rings. The fraction of sp³-hybridized carbons (Fsp3) is 0.550. The summed E-state index contributed by atoms with van der Waals surface area (Å²) >= 11 is 1.76. The van der Waals surface area contributed by atoms with E-state index >= 15 is 0 Å². The highest BCUT2D eigenvalue weighted by Gasteiger charge is 2.27. The zero-order chi connectivity index (χ0) is 18.5. The van der Waals surface area contributed by atoms with Crippen molar-refractivity contribution in [2.24, 2.45) is 0 Å². The summed E-state index contributed by atoms with van der Waals surface area (Å²) in [6.45, 7) is 7.44. The zero-order valence-electron chi connectivity index (χ0n) is 16.1. The average molecular weight is 375 g/mol. The van der Waals surface area contributed by atoms with E-state index in [1.807, 2.05) is 20.3 Å². The lowest BCUT2D eigenvalue weighted by molar-refractivity contribution is 0.0503. The number of anilines is 1. The Morgan fingerprint density at radius 2 is 2.04 bits per heavy atom. The molecule has 1 aliphatic rings. The molecule has 0 saturated carbocycles. The number of hydrogen-bond acceptors (Lipinski definition) is 6. The first kappa shape index (κ1) is 19.3. The van der Waals surface area contributed by atoms with Gasteiger partial charge in [-0.05, 0) is 24.5 Å². The van der Waals surface area contributed by atoms with Crippen LogP contribution in [0.1, 0.15) is 22.4 Å². The molecule has 1 aromatic heterocycles. The van der Waals surface area contributed by atoms with Gasteiger partial charge in [0.1, 0.15) is 0 Å². The Hall–Kier alpha value is -1.47. The fourth-order valence-corrected chi connectivity index (χ4v) is 4.41. The second kappa shape index (κ2) is 8.95. The molecule has 5 nitrogen and oxygen atoms in total. The molecule has 0 bridgehead atoms. The molecule has 0 spiro atoms. The Morgan fingerprint density at radius 1 is 1.23 bits per heavy atom. The molecule has 2 heterocycles. The quantitative estimate of drug-likeness (QED) is 0.807. The lowest BCUT2D eigenvalue weighted by Crippen LogP contribution is -2.52. The van der Waals surface area contributed by atoms with Crippen molar-refractivity contribution >= 4 is 16.5 Å². The normalized spacial score (nSPS) is 19.0. The smallest absolute Gasteiger partial charge is 0.185 e. The molecule has 1 N–H and O–H groups in total. The van der Waals surface area contributed by atoms with Crippen LogP contribution < -0.4 is 4.90 Å². The van der Waals surface area contributed by atoms with E-state index in [1.165, 1.54) is 16.0 Å². The first-order chi connectivity index (χ1) is 12.6. The number of aliphatic hydroxyl groups excluding tert-OH is 1. The molecule has 1 saturated heterocycles. The maximum atomic E-state index is 9.54. The van der Waals surface area contributed by atoms with Crippen molar-refractivity contribution < 1.29 is 5.11 Å². The lowest BCUT2D eigenvalue weighted by Gasteiger charge is -2.41. The van der Waals surface area contributed by atoms with E-state index in [0.29, 0.717) is 6.04 Å². The van der Waals surface area contributed by atoms with E-state index in [-0.39, 0.29) is 6.61 Å². The van der Waals surface area contributed by atoms with E-state index < -0.39 is 0 Å². The van der Waals surface area contributed by atoms with Gasteiger partial charge in [0, 0.05) is 70.5 Å². The van der Waals surface area contributed by atoms with Gasteiger partial charge in [-0.1, -0.05) is 24.3 Å². The number of thiazole rings is 1. The van der Waals surface area contributed by atoms with Crippen LogP contribution in [0.2, 0.25) is 0 Å². The van der Waals surface area contributed by atoms with Crippen LogP contribution in [0, 0.1) is 6.92 Å². The van der Waals surface area contributed by atoms with Gasteiger partial charge < -0.3 is 10.0 Å². The van der Waals surface area contributed by atoms with Crippen LogP contribution in [0.25, 0.3) is 0 Å². The maximum Gasteiger partial charge on any atom is 0.185 e. The van der Waals surface area contributed by atoms with Gasteiger partial charge in [-0.25, -0.2) is 4.98 Å². The summed E-state index contributed by atoms with van der Waals surface area (Å²) in [4.78, 5) is 12.9. The number of nitrogens with zero attached hydrogens (tertiary/aromatic N) is 4. The molecular formula is C20H30N4OS. The molecule has 2 aromatic rings. The summed E-state index contributed by atoms with van der Waals surface area (Å²) < 4.78 is 0. The van der Waals surface area contributed by atoms with Crippen LogP contribution >= 0.6 is 11.3 Å². The molecule has 26 heavy (non-hydrogen) atoms. The molecule has 1 aliphatic heterocycles. The number of rotatable bonds is 7. The van der Waals surface area contributed by atoms with Crippen molar-refractivity contribution in [2.45, 2.75) is 32.5 Å². The Morgan fingerprint density at radius 3 is 2.73 bits per heavy atom. The minimum Gasteiger partial charge on any atom is -0.396 e. The molecule has 6 heteroatoms. The van der Waals surface area contributed by atoms with Crippen LogP contribution in [0.15, 0.2) is 30.5 Å². The summed E-state index contributed by atoms with van der Waals surface area (Å²) in [6.07, 6.45) is 2.83. The second-order valence-corrected chi connectivity index (χ2v) is 8.40. The van der Waals surface area contributed by atoms with Crippen molar-refractivity contribution in [1.82, 2.24) is 14.8 Å². The van der Waals surface area contributed by atoms with Gasteiger partial charge in [0.05, 0.1) is 0 Å². The highest BCUT2D eigenvalue weighted by Crippen LogP contribution is 2.24. The van der Waals surface area contributed by atoms with Crippen LogP contribution in [-0.2, 0) is 13.1 Å². The Bertz CT molecular complexity index is 703. The number of aryl methyl sites for hydroxylation is 1. The van der Waals surface area contributed by atoms with Crippen LogP contribution in [0.4, 0.5) is 5.13 Å². The van der Waals surface area contributed by atoms with E-state index in [1.54, 1.807) is 11.3 Å². The second-order valence-electron chi connectivity index (χ2n) is 7.30. The van der Waals surface area contributed by atoms with Crippen molar-refractivity contribution in [3.8, 4) is 0 Å². The summed E-state index contributed by atoms with van der Waals surface area (Å²) in [5.41, 5.74) is 2.74. The maximum absolute atomic E-state index is 9.54. The number of aliphatic hydroxyl groups is 1. The largest absolute Gasteiger partial charge is 0.396 e. The van der Waals surface area contributed by atoms with Crippen LogP contribution in [0.5, 0.6) is 0 Å². The first-order valence-corrected chi connectivity index (χ1v) is 10.1. The molecule has 0 radical (unpaired) electrons. The summed E-state index contributed by atoms with van der Waals surface area (Å²) in [7, 11) is 4.06. The highest BCUT2D eigenvalue weighted by molar-refractivity contribution is 7.15. The highest BCUT2D eigenvalue weighted by atomic mass is 32.1. The van der Waals surface area contributed by atoms with Gasteiger partial charge in [-0.2, -0.15) is 0 Å². The number of benzene rings is 1. The van der Waals surface area contributed by atoms with Crippen molar-refractivity contribution in [2.75, 3.05) is 45.2 Å². The van der Waals surface area contributed by atoms with Crippen molar-refractivity contribution in [3.63, 3.8) is 0 Å². The predicted molar refractivity (Wildman–Crippen MR) is 109 cm³/mol. The van der Waals surface area contributed by atoms with Crippen LogP contribution in [-0.4, -0.2) is 66.3 Å². The zero-order valence-corrected chi connectivity index (χ0v) is 16.9. The molecule has 142 valence electrons. The van der Waals surface area contributed by atoms with E-state index in [9.17, 15) is 5.11 Å². The van der Waals surface area contributed by atoms with Gasteiger partial charge in [-0.15, -0.1) is 11.3 Å². The van der Waals surface area contributed by atoms with Gasteiger partial charge in [0.15, 0.2) is 5.13 Å². The average Bonchev–Trinajstić information content (AvgIpc) is 3.08. The minimum atomic E-state index is 0.244. The summed E-state index contributed by atoms with van der Waals surface area (Å²) in [6, 6.07) is 9.01. The van der Waals surface area contributed by atoms with Gasteiger partial charge in [0.25, 0.3) is 0 Å². The number of piperazine rings is 1. The molecule has 1 atom stereocenters. The third-order valence-electron chi connectivity index (χ3n) is 5.09. The van der Waals surface area contributed by atoms with Gasteiger partial charge in [0.2, 0.25) is 0 Å². The third kappa shape index (κ3) is 4.82. The molecular weight excluding hydrogens is 344 g/mol. The third-order valence-corrected chi connectivity index (χ3v) is 6.24. The molecule has 0 aliphatic carbocycles. The monoisotopic (exact) mass is 374 g/mol. The van der Waals surface area contributed by atoms with E-state index in [0.717, 1.165) is 44.3 Å². The Balaban J connectivity index is 1.62. The fourth-order valence-electron chi connectivity index (χ4n) is 3.54. The van der Waals surface area contributed by atoms with E-state index in [2.05, 4.69) is 50.9 Å². The summed E-state index contributed by atoms with van der Waals surface area (Å²) in [5, 5.41) is 10.6. The molecule has 3 rings (SSSR count).